The van der Waals surface area contributed by atoms with E-state index in [0.29, 0.717) is 13.2 Å². The summed E-state index contributed by atoms with van der Waals surface area (Å²) in [5.74, 6) is -0.448. The maximum absolute atomic E-state index is 10.3. The number of nitrogens with two attached hydrogens (primary N) is 1. The van der Waals surface area contributed by atoms with Crippen molar-refractivity contribution in [2.45, 2.75) is 13.0 Å². The molecule has 1 heterocycles. The SMILES string of the molecule is CC(NCCOCC(N)=O)c1ccn[nH]1. The molecule has 0 aliphatic carbocycles. The maximum atomic E-state index is 10.3. The van der Waals surface area contributed by atoms with Crippen LogP contribution in [0.1, 0.15) is 18.7 Å². The Bertz CT molecular complexity index is 286. The minimum atomic E-state index is -0.448. The number of carbonyl (C=O) groups is 1. The summed E-state index contributed by atoms with van der Waals surface area (Å²) in [5, 5.41) is 9.93. The highest BCUT2D eigenvalue weighted by molar-refractivity contribution is 5.74. The van der Waals surface area contributed by atoms with E-state index in [4.69, 9.17) is 10.5 Å². The molecule has 15 heavy (non-hydrogen) atoms. The molecule has 6 nitrogen and oxygen atoms in total. The van der Waals surface area contributed by atoms with Gasteiger partial charge in [0.2, 0.25) is 5.91 Å². The van der Waals surface area contributed by atoms with Gasteiger partial charge in [-0.1, -0.05) is 0 Å². The van der Waals surface area contributed by atoms with Gasteiger partial charge in [0.1, 0.15) is 6.61 Å². The Morgan fingerprint density at radius 3 is 3.20 bits per heavy atom. The largest absolute Gasteiger partial charge is 0.370 e. The minimum Gasteiger partial charge on any atom is -0.370 e. The van der Waals surface area contributed by atoms with E-state index in [9.17, 15) is 4.79 Å². The minimum absolute atomic E-state index is 0.0277. The lowest BCUT2D eigenvalue weighted by Gasteiger charge is -2.11. The number of nitrogens with one attached hydrogen (secondary N) is 2. The van der Waals surface area contributed by atoms with Gasteiger partial charge in [-0.05, 0) is 13.0 Å². The number of aromatic amines is 1. The second-order valence-corrected chi connectivity index (χ2v) is 3.21. The number of hydrogen-bond acceptors (Lipinski definition) is 4. The van der Waals surface area contributed by atoms with Crippen LogP contribution in [0.25, 0.3) is 0 Å². The molecule has 1 aromatic rings. The third-order valence-electron chi connectivity index (χ3n) is 1.93. The summed E-state index contributed by atoms with van der Waals surface area (Å²) in [6.07, 6.45) is 1.71. The van der Waals surface area contributed by atoms with E-state index in [1.165, 1.54) is 0 Å². The van der Waals surface area contributed by atoms with Crippen molar-refractivity contribution in [1.82, 2.24) is 15.5 Å². The maximum Gasteiger partial charge on any atom is 0.243 e. The average Bonchev–Trinajstić information content (AvgIpc) is 2.69. The van der Waals surface area contributed by atoms with Crippen LogP contribution in [-0.4, -0.2) is 35.9 Å². The van der Waals surface area contributed by atoms with E-state index in [1.807, 2.05) is 13.0 Å². The third kappa shape index (κ3) is 4.57. The van der Waals surface area contributed by atoms with Crippen LogP contribution in [0.5, 0.6) is 0 Å². The van der Waals surface area contributed by atoms with Gasteiger partial charge in [-0.25, -0.2) is 0 Å². The molecule has 1 atom stereocenters. The molecule has 0 bridgehead atoms. The summed E-state index contributed by atoms with van der Waals surface area (Å²) >= 11 is 0. The lowest BCUT2D eigenvalue weighted by atomic mass is 10.2. The Morgan fingerprint density at radius 2 is 2.60 bits per heavy atom. The van der Waals surface area contributed by atoms with Gasteiger partial charge in [-0.15, -0.1) is 0 Å². The smallest absolute Gasteiger partial charge is 0.243 e. The van der Waals surface area contributed by atoms with Crippen molar-refractivity contribution in [3.05, 3.63) is 18.0 Å². The molecule has 6 heteroatoms. The first-order valence-corrected chi connectivity index (χ1v) is 4.79. The normalized spacial score (nSPS) is 12.6. The van der Waals surface area contributed by atoms with Gasteiger partial charge in [0.05, 0.1) is 12.3 Å². The second-order valence-electron chi connectivity index (χ2n) is 3.21. The van der Waals surface area contributed by atoms with Crippen molar-refractivity contribution in [3.8, 4) is 0 Å². The summed E-state index contributed by atoms with van der Waals surface area (Å²) in [6.45, 7) is 3.11. The molecule has 0 saturated carbocycles. The van der Waals surface area contributed by atoms with E-state index >= 15 is 0 Å². The zero-order chi connectivity index (χ0) is 11.1. The number of rotatable bonds is 7. The first-order chi connectivity index (χ1) is 7.20. The van der Waals surface area contributed by atoms with Gasteiger partial charge < -0.3 is 15.8 Å². The van der Waals surface area contributed by atoms with Gasteiger partial charge in [0.25, 0.3) is 0 Å². The topological polar surface area (TPSA) is 93.0 Å². The number of H-pyrrole nitrogens is 1. The quantitative estimate of drug-likeness (QED) is 0.534. The highest BCUT2D eigenvalue weighted by Crippen LogP contribution is 2.05. The Balaban J connectivity index is 2.08. The molecule has 1 unspecified atom stereocenters. The Kier molecular flexibility index (Phi) is 4.79. The molecule has 4 N–H and O–H groups in total. The van der Waals surface area contributed by atoms with Crippen molar-refractivity contribution in [2.24, 2.45) is 5.73 Å². The van der Waals surface area contributed by atoms with Gasteiger partial charge in [-0.2, -0.15) is 5.10 Å². The van der Waals surface area contributed by atoms with E-state index in [1.54, 1.807) is 6.20 Å². The van der Waals surface area contributed by atoms with Crippen molar-refractivity contribution in [3.63, 3.8) is 0 Å². The van der Waals surface area contributed by atoms with Gasteiger partial charge >= 0.3 is 0 Å². The molecule has 1 rings (SSSR count). The molecule has 1 amide bonds. The van der Waals surface area contributed by atoms with Crippen LogP contribution in [0.15, 0.2) is 12.3 Å². The first-order valence-electron chi connectivity index (χ1n) is 4.79. The second kappa shape index (κ2) is 6.15. The number of aromatic nitrogens is 2. The third-order valence-corrected chi connectivity index (χ3v) is 1.93. The predicted octanol–water partition coefficient (Wildman–Crippen LogP) is -0.438. The summed E-state index contributed by atoms with van der Waals surface area (Å²) < 4.78 is 5.00. The molecule has 0 saturated heterocycles. The average molecular weight is 212 g/mol. The van der Waals surface area contributed by atoms with Crippen LogP contribution in [-0.2, 0) is 9.53 Å². The van der Waals surface area contributed by atoms with Crippen molar-refractivity contribution < 1.29 is 9.53 Å². The van der Waals surface area contributed by atoms with Crippen LogP contribution in [0.4, 0.5) is 0 Å². The molecule has 0 spiro atoms. The zero-order valence-corrected chi connectivity index (χ0v) is 8.69. The fourth-order valence-electron chi connectivity index (χ4n) is 1.14. The Hall–Kier alpha value is -1.40. The molecule has 0 aromatic carbocycles. The zero-order valence-electron chi connectivity index (χ0n) is 8.69. The van der Waals surface area contributed by atoms with Gasteiger partial charge in [0.15, 0.2) is 0 Å². The van der Waals surface area contributed by atoms with Gasteiger partial charge in [-0.3, -0.25) is 9.89 Å². The van der Waals surface area contributed by atoms with E-state index in [0.717, 1.165) is 5.69 Å². The molecule has 0 fully saturated rings. The standard InChI is InChI=1S/C9H16N4O2/c1-7(8-2-3-12-13-8)11-4-5-15-6-9(10)14/h2-3,7,11H,4-6H2,1H3,(H2,10,14)(H,12,13). The molecular weight excluding hydrogens is 196 g/mol. The summed E-state index contributed by atoms with van der Waals surface area (Å²) in [4.78, 5) is 10.3. The van der Waals surface area contributed by atoms with Crippen LogP contribution in [0, 0.1) is 0 Å². The Labute approximate surface area is 88.2 Å². The van der Waals surface area contributed by atoms with E-state index < -0.39 is 5.91 Å². The Morgan fingerprint density at radius 1 is 1.80 bits per heavy atom. The molecule has 0 aliphatic heterocycles. The summed E-state index contributed by atoms with van der Waals surface area (Å²) in [6, 6.07) is 2.09. The number of primary amides is 1. The lowest BCUT2D eigenvalue weighted by Crippen LogP contribution is -2.26. The fourth-order valence-corrected chi connectivity index (χ4v) is 1.14. The molecule has 1 aromatic heterocycles. The highest BCUT2D eigenvalue weighted by Gasteiger charge is 2.04. The van der Waals surface area contributed by atoms with Crippen LogP contribution >= 0.6 is 0 Å². The highest BCUT2D eigenvalue weighted by atomic mass is 16.5. The number of amides is 1. The number of hydrogen-bond donors (Lipinski definition) is 3. The van der Waals surface area contributed by atoms with Crippen molar-refractivity contribution >= 4 is 5.91 Å². The van der Waals surface area contributed by atoms with Crippen LogP contribution < -0.4 is 11.1 Å². The first kappa shape index (κ1) is 11.7. The monoisotopic (exact) mass is 212 g/mol. The lowest BCUT2D eigenvalue weighted by molar-refractivity contribution is -0.122. The van der Waals surface area contributed by atoms with E-state index in [2.05, 4.69) is 15.5 Å². The molecule has 84 valence electrons. The summed E-state index contributed by atoms with van der Waals surface area (Å²) in [5.41, 5.74) is 5.93. The molecule has 0 radical (unpaired) electrons. The fraction of sp³-hybridized carbons (Fsp3) is 0.556. The molecule has 0 aliphatic rings. The van der Waals surface area contributed by atoms with Gasteiger partial charge in [0, 0.05) is 18.8 Å². The number of nitrogens with zero attached hydrogens (tertiary/aromatic N) is 1. The van der Waals surface area contributed by atoms with Crippen molar-refractivity contribution in [1.29, 1.82) is 0 Å². The predicted molar refractivity (Wildman–Crippen MR) is 55.0 cm³/mol. The van der Waals surface area contributed by atoms with Crippen molar-refractivity contribution in [2.75, 3.05) is 19.8 Å². The number of carbonyl (C=O) groups excluding carboxylic acids is 1. The molecular formula is C9H16N4O2. The van der Waals surface area contributed by atoms with E-state index in [-0.39, 0.29) is 12.6 Å². The van der Waals surface area contributed by atoms with Crippen LogP contribution in [0.2, 0.25) is 0 Å². The number of ether oxygens (including phenoxy) is 1. The summed E-state index contributed by atoms with van der Waals surface area (Å²) in [7, 11) is 0. The van der Waals surface area contributed by atoms with Crippen LogP contribution in [0.3, 0.4) is 0 Å².